The predicted molar refractivity (Wildman–Crippen MR) is 121 cm³/mol. The van der Waals surface area contributed by atoms with E-state index in [9.17, 15) is 0 Å². The third-order valence-electron chi connectivity index (χ3n) is 4.69. The molecule has 2 rings (SSSR count). The molecule has 1 atom stereocenters. The molecule has 0 spiro atoms. The summed E-state index contributed by atoms with van der Waals surface area (Å²) in [4.78, 5) is 9.01. The Morgan fingerprint density at radius 2 is 1.92 bits per heavy atom. The molecule has 26 heavy (non-hydrogen) atoms. The van der Waals surface area contributed by atoms with Gasteiger partial charge < -0.3 is 19.9 Å². The Balaban J connectivity index is 0.00000338. The number of piperidine rings is 1. The Morgan fingerprint density at radius 3 is 2.42 bits per heavy atom. The number of nitrogens with zero attached hydrogens (tertiary/aromatic N) is 3. The lowest BCUT2D eigenvalue weighted by Crippen LogP contribution is -2.48. The molecule has 1 aliphatic heterocycles. The van der Waals surface area contributed by atoms with Crippen LogP contribution in [0.3, 0.4) is 0 Å². The Morgan fingerprint density at radius 1 is 1.31 bits per heavy atom. The second-order valence-corrected chi connectivity index (χ2v) is 7.04. The monoisotopic (exact) mass is 494 g/mol. The van der Waals surface area contributed by atoms with Crippen LogP contribution >= 0.6 is 35.6 Å². The van der Waals surface area contributed by atoms with Crippen LogP contribution in [0.4, 0.5) is 0 Å². The van der Waals surface area contributed by atoms with Crippen molar-refractivity contribution in [3.63, 3.8) is 0 Å². The zero-order valence-electron chi connectivity index (χ0n) is 16.2. The lowest BCUT2D eigenvalue weighted by atomic mass is 10.1. The molecule has 0 amide bonds. The number of guanidine groups is 1. The summed E-state index contributed by atoms with van der Waals surface area (Å²) >= 11 is 6.02. The van der Waals surface area contributed by atoms with Crippen molar-refractivity contribution in [1.29, 1.82) is 0 Å². The van der Waals surface area contributed by atoms with Crippen molar-refractivity contribution < 1.29 is 4.74 Å². The standard InChI is InChI=1S/C19H31ClN4O.HI/c1-5-25-17-10-12-24(13-11-17)19(21-2)22-14-18(23(3)4)15-6-8-16(20)9-7-15;/h6-9,17-18H,5,10-14H2,1-4H3,(H,21,22);1H. The molecule has 0 aromatic heterocycles. The molecule has 0 radical (unpaired) electrons. The Bertz CT molecular complexity index is 545. The first-order chi connectivity index (χ1) is 12.0. The van der Waals surface area contributed by atoms with E-state index < -0.39 is 0 Å². The van der Waals surface area contributed by atoms with Crippen LogP contribution in [0.25, 0.3) is 0 Å². The van der Waals surface area contributed by atoms with Gasteiger partial charge in [0.2, 0.25) is 0 Å². The topological polar surface area (TPSA) is 40.1 Å². The molecule has 1 heterocycles. The average Bonchev–Trinajstić information content (AvgIpc) is 2.61. The van der Waals surface area contributed by atoms with Gasteiger partial charge in [-0.3, -0.25) is 4.99 Å². The Kier molecular flexibility index (Phi) is 10.8. The van der Waals surface area contributed by atoms with E-state index in [4.69, 9.17) is 16.3 Å². The highest BCUT2D eigenvalue weighted by Crippen LogP contribution is 2.20. The van der Waals surface area contributed by atoms with E-state index in [1.165, 1.54) is 5.56 Å². The maximum Gasteiger partial charge on any atom is 0.193 e. The highest BCUT2D eigenvalue weighted by molar-refractivity contribution is 14.0. The van der Waals surface area contributed by atoms with E-state index in [1.54, 1.807) is 0 Å². The van der Waals surface area contributed by atoms with Gasteiger partial charge in [-0.1, -0.05) is 23.7 Å². The van der Waals surface area contributed by atoms with Gasteiger partial charge in [-0.2, -0.15) is 0 Å². The number of hydrogen-bond donors (Lipinski definition) is 1. The fraction of sp³-hybridized carbons (Fsp3) is 0.632. The van der Waals surface area contributed by atoms with Crippen molar-refractivity contribution in [2.45, 2.75) is 31.9 Å². The van der Waals surface area contributed by atoms with E-state index in [1.807, 2.05) is 19.2 Å². The van der Waals surface area contributed by atoms with Crippen molar-refractivity contribution in [3.05, 3.63) is 34.9 Å². The number of aliphatic imine (C=N–C) groups is 1. The molecule has 5 nitrogen and oxygen atoms in total. The largest absolute Gasteiger partial charge is 0.378 e. The highest BCUT2D eigenvalue weighted by atomic mass is 127. The number of halogens is 2. The number of hydrogen-bond acceptors (Lipinski definition) is 3. The number of likely N-dealkylation sites (tertiary alicyclic amines) is 1. The van der Waals surface area contributed by atoms with Gasteiger partial charge in [-0.05, 0) is 51.6 Å². The van der Waals surface area contributed by atoms with Crippen LogP contribution in [0.15, 0.2) is 29.3 Å². The number of rotatable bonds is 6. The van der Waals surface area contributed by atoms with Crippen molar-refractivity contribution in [1.82, 2.24) is 15.1 Å². The Labute approximate surface area is 180 Å². The van der Waals surface area contributed by atoms with E-state index in [0.29, 0.717) is 6.10 Å². The summed E-state index contributed by atoms with van der Waals surface area (Å²) in [6.45, 7) is 5.62. The molecule has 1 aliphatic rings. The fourth-order valence-corrected chi connectivity index (χ4v) is 3.40. The van der Waals surface area contributed by atoms with Crippen molar-refractivity contribution >= 4 is 41.5 Å². The number of nitrogens with one attached hydrogen (secondary N) is 1. The van der Waals surface area contributed by atoms with Gasteiger partial charge in [-0.25, -0.2) is 0 Å². The summed E-state index contributed by atoms with van der Waals surface area (Å²) in [6.07, 6.45) is 2.51. The summed E-state index contributed by atoms with van der Waals surface area (Å²) in [7, 11) is 6.04. The minimum Gasteiger partial charge on any atom is -0.378 e. The molecule has 1 aromatic rings. The van der Waals surface area contributed by atoms with Gasteiger partial charge in [0.1, 0.15) is 0 Å². The SMILES string of the molecule is CCOC1CCN(C(=NC)NCC(c2ccc(Cl)cc2)N(C)C)CC1.I. The normalized spacial score (nSPS) is 17.2. The molecule has 7 heteroatoms. The molecular weight excluding hydrogens is 463 g/mol. The fourth-order valence-electron chi connectivity index (χ4n) is 3.27. The van der Waals surface area contributed by atoms with Gasteiger partial charge in [0, 0.05) is 38.3 Å². The second kappa shape index (κ2) is 12.0. The lowest BCUT2D eigenvalue weighted by molar-refractivity contribution is 0.0263. The zero-order valence-corrected chi connectivity index (χ0v) is 19.3. The lowest BCUT2D eigenvalue weighted by Gasteiger charge is -2.35. The van der Waals surface area contributed by atoms with E-state index in [0.717, 1.165) is 50.1 Å². The summed E-state index contributed by atoms with van der Waals surface area (Å²) < 4.78 is 5.74. The van der Waals surface area contributed by atoms with Crippen LogP contribution in [-0.4, -0.2) is 69.2 Å². The van der Waals surface area contributed by atoms with Gasteiger partial charge in [-0.15, -0.1) is 24.0 Å². The van der Waals surface area contributed by atoms with Gasteiger partial charge in [0.15, 0.2) is 5.96 Å². The summed E-state index contributed by atoms with van der Waals surface area (Å²) in [5, 5.41) is 4.31. The maximum absolute atomic E-state index is 6.02. The number of ether oxygens (including phenoxy) is 1. The first-order valence-corrected chi connectivity index (χ1v) is 9.42. The molecule has 0 bridgehead atoms. The second-order valence-electron chi connectivity index (χ2n) is 6.60. The minimum atomic E-state index is 0. The summed E-state index contributed by atoms with van der Waals surface area (Å²) in [5.74, 6) is 0.968. The van der Waals surface area contributed by atoms with Crippen molar-refractivity contribution in [3.8, 4) is 0 Å². The van der Waals surface area contributed by atoms with Crippen molar-refractivity contribution in [2.75, 3.05) is 47.4 Å². The first kappa shape index (κ1) is 23.5. The van der Waals surface area contributed by atoms with Crippen LogP contribution in [0, 0.1) is 0 Å². The highest BCUT2D eigenvalue weighted by Gasteiger charge is 2.22. The van der Waals surface area contributed by atoms with Gasteiger partial charge >= 0.3 is 0 Å². The predicted octanol–water partition coefficient (Wildman–Crippen LogP) is 3.64. The molecular formula is C19H32ClIN4O. The van der Waals surface area contributed by atoms with Gasteiger partial charge in [0.25, 0.3) is 0 Å². The molecule has 1 aromatic carbocycles. The molecule has 1 fully saturated rings. The van der Waals surface area contributed by atoms with E-state index in [2.05, 4.69) is 53.3 Å². The van der Waals surface area contributed by atoms with E-state index >= 15 is 0 Å². The van der Waals surface area contributed by atoms with Gasteiger partial charge in [0.05, 0.1) is 12.1 Å². The molecule has 1 saturated heterocycles. The molecule has 1 N–H and O–H groups in total. The average molecular weight is 495 g/mol. The number of benzene rings is 1. The molecule has 148 valence electrons. The first-order valence-electron chi connectivity index (χ1n) is 9.04. The minimum absolute atomic E-state index is 0. The van der Waals surface area contributed by atoms with E-state index in [-0.39, 0.29) is 30.0 Å². The van der Waals surface area contributed by atoms with Crippen LogP contribution in [0.5, 0.6) is 0 Å². The molecule has 0 saturated carbocycles. The molecule has 1 unspecified atom stereocenters. The Hall–Kier alpha value is -0.570. The quantitative estimate of drug-likeness (QED) is 0.372. The molecule has 0 aliphatic carbocycles. The summed E-state index contributed by atoms with van der Waals surface area (Å²) in [5.41, 5.74) is 1.24. The van der Waals surface area contributed by atoms with Crippen LogP contribution in [-0.2, 0) is 4.74 Å². The third-order valence-corrected chi connectivity index (χ3v) is 4.94. The van der Waals surface area contributed by atoms with Crippen molar-refractivity contribution in [2.24, 2.45) is 4.99 Å². The summed E-state index contributed by atoms with van der Waals surface area (Å²) in [6, 6.07) is 8.33. The smallest absolute Gasteiger partial charge is 0.193 e. The third kappa shape index (κ3) is 6.87. The van der Waals surface area contributed by atoms with Crippen LogP contribution in [0.2, 0.25) is 5.02 Å². The maximum atomic E-state index is 6.02. The number of likely N-dealkylation sites (N-methyl/N-ethyl adjacent to an activating group) is 1. The zero-order chi connectivity index (χ0) is 18.2. The van der Waals surface area contributed by atoms with Crippen LogP contribution in [0.1, 0.15) is 31.4 Å². The van der Waals surface area contributed by atoms with Crippen LogP contribution < -0.4 is 5.32 Å².